The first-order valence-corrected chi connectivity index (χ1v) is 9.49. The molecule has 3 rings (SSSR count). The molecule has 1 aliphatic rings. The van der Waals surface area contributed by atoms with Crippen molar-refractivity contribution in [2.45, 2.75) is 57.8 Å². The second-order valence-electron chi connectivity index (χ2n) is 7.22. The van der Waals surface area contributed by atoms with Crippen LogP contribution in [0.1, 0.15) is 61.8 Å². The molecule has 0 spiro atoms. The standard InChI is InChI=1S/C21H26N2O4/c1-3-4-10-17-12-14-23(20(25)22-17)18-11-13-21(2,27-18)15-26-19(24)16-8-6-5-7-9-16/h5-9,12,14,18H,3-4,10-11,13,15H2,1-2H3. The topological polar surface area (TPSA) is 70.4 Å². The summed E-state index contributed by atoms with van der Waals surface area (Å²) >= 11 is 0. The summed E-state index contributed by atoms with van der Waals surface area (Å²) in [6.45, 7) is 4.16. The zero-order valence-electron chi connectivity index (χ0n) is 15.9. The average molecular weight is 370 g/mol. The van der Waals surface area contributed by atoms with Gasteiger partial charge in [0, 0.05) is 11.9 Å². The molecule has 2 heterocycles. The van der Waals surface area contributed by atoms with Crippen molar-refractivity contribution >= 4 is 5.97 Å². The third-order valence-corrected chi connectivity index (χ3v) is 4.84. The van der Waals surface area contributed by atoms with Crippen molar-refractivity contribution in [2.75, 3.05) is 6.61 Å². The van der Waals surface area contributed by atoms with Gasteiger partial charge in [0.2, 0.25) is 0 Å². The number of unbranched alkanes of at least 4 members (excludes halogenated alkanes) is 1. The van der Waals surface area contributed by atoms with Gasteiger partial charge < -0.3 is 9.47 Å². The molecule has 6 heteroatoms. The number of aryl methyl sites for hydroxylation is 1. The van der Waals surface area contributed by atoms with E-state index in [1.54, 1.807) is 30.5 Å². The summed E-state index contributed by atoms with van der Waals surface area (Å²) in [6.07, 6.45) is 5.64. The van der Waals surface area contributed by atoms with Gasteiger partial charge in [0.15, 0.2) is 0 Å². The van der Waals surface area contributed by atoms with Crippen LogP contribution in [0.4, 0.5) is 0 Å². The first-order valence-electron chi connectivity index (χ1n) is 9.49. The van der Waals surface area contributed by atoms with Crippen molar-refractivity contribution in [2.24, 2.45) is 0 Å². The lowest BCUT2D eigenvalue weighted by Crippen LogP contribution is -2.34. The second-order valence-corrected chi connectivity index (χ2v) is 7.22. The van der Waals surface area contributed by atoms with Gasteiger partial charge in [-0.1, -0.05) is 31.5 Å². The summed E-state index contributed by atoms with van der Waals surface area (Å²) in [4.78, 5) is 28.6. The molecular formula is C21H26N2O4. The second kappa shape index (κ2) is 8.48. The van der Waals surface area contributed by atoms with Crippen LogP contribution >= 0.6 is 0 Å². The van der Waals surface area contributed by atoms with Crippen molar-refractivity contribution in [1.82, 2.24) is 9.55 Å². The number of rotatable bonds is 7. The van der Waals surface area contributed by atoms with E-state index in [0.717, 1.165) is 25.0 Å². The summed E-state index contributed by atoms with van der Waals surface area (Å²) in [5, 5.41) is 0. The lowest BCUT2D eigenvalue weighted by Gasteiger charge is -2.24. The Balaban J connectivity index is 1.60. The number of aromatic nitrogens is 2. The molecule has 1 aromatic carbocycles. The third kappa shape index (κ3) is 4.83. The zero-order chi connectivity index (χ0) is 19.3. The molecular weight excluding hydrogens is 344 g/mol. The number of nitrogens with zero attached hydrogens (tertiary/aromatic N) is 2. The highest BCUT2D eigenvalue weighted by molar-refractivity contribution is 5.89. The Kier molecular flexibility index (Phi) is 6.06. The molecule has 0 saturated carbocycles. The van der Waals surface area contributed by atoms with Crippen molar-refractivity contribution in [3.63, 3.8) is 0 Å². The highest BCUT2D eigenvalue weighted by Gasteiger charge is 2.38. The summed E-state index contributed by atoms with van der Waals surface area (Å²) in [5.74, 6) is -0.372. The van der Waals surface area contributed by atoms with Gasteiger partial charge >= 0.3 is 11.7 Å². The third-order valence-electron chi connectivity index (χ3n) is 4.84. The minimum absolute atomic E-state index is 0.147. The van der Waals surface area contributed by atoms with Gasteiger partial charge in [-0.25, -0.2) is 9.59 Å². The lowest BCUT2D eigenvalue weighted by atomic mass is 10.0. The van der Waals surface area contributed by atoms with Gasteiger partial charge in [-0.05, 0) is 50.8 Å². The van der Waals surface area contributed by atoms with E-state index in [9.17, 15) is 9.59 Å². The van der Waals surface area contributed by atoms with Crippen LogP contribution in [-0.2, 0) is 15.9 Å². The summed E-state index contributed by atoms with van der Waals surface area (Å²) < 4.78 is 13.0. The monoisotopic (exact) mass is 370 g/mol. The van der Waals surface area contributed by atoms with Gasteiger partial charge in [0.25, 0.3) is 0 Å². The molecule has 0 bridgehead atoms. The van der Waals surface area contributed by atoms with Crippen LogP contribution in [0.2, 0.25) is 0 Å². The Morgan fingerprint density at radius 3 is 2.81 bits per heavy atom. The van der Waals surface area contributed by atoms with Gasteiger partial charge in [-0.15, -0.1) is 0 Å². The van der Waals surface area contributed by atoms with E-state index in [2.05, 4.69) is 11.9 Å². The molecule has 0 N–H and O–H groups in total. The van der Waals surface area contributed by atoms with Crippen LogP contribution in [0.3, 0.4) is 0 Å². The Labute approximate surface area is 159 Å². The maximum absolute atomic E-state index is 12.3. The molecule has 1 saturated heterocycles. The van der Waals surface area contributed by atoms with Crippen LogP contribution < -0.4 is 5.69 Å². The Morgan fingerprint density at radius 1 is 1.33 bits per heavy atom. The summed E-state index contributed by atoms with van der Waals surface area (Å²) in [7, 11) is 0. The van der Waals surface area contributed by atoms with E-state index in [4.69, 9.17) is 9.47 Å². The number of ether oxygens (including phenoxy) is 2. The number of hydrogen-bond acceptors (Lipinski definition) is 5. The molecule has 0 amide bonds. The molecule has 2 atom stereocenters. The van der Waals surface area contributed by atoms with E-state index in [1.807, 2.05) is 19.1 Å². The summed E-state index contributed by atoms with van der Waals surface area (Å²) in [5.41, 5.74) is 0.420. The van der Waals surface area contributed by atoms with E-state index >= 15 is 0 Å². The molecule has 2 aromatic rings. The maximum atomic E-state index is 12.3. The molecule has 2 unspecified atom stereocenters. The minimum atomic E-state index is -0.616. The fourth-order valence-electron chi connectivity index (χ4n) is 3.22. The van der Waals surface area contributed by atoms with Crippen LogP contribution in [0, 0.1) is 0 Å². The molecule has 1 fully saturated rings. The molecule has 0 aliphatic carbocycles. The molecule has 144 valence electrons. The number of hydrogen-bond donors (Lipinski definition) is 0. The van der Waals surface area contributed by atoms with Crippen molar-refractivity contribution < 1.29 is 14.3 Å². The fourth-order valence-corrected chi connectivity index (χ4v) is 3.22. The lowest BCUT2D eigenvalue weighted by molar-refractivity contribution is -0.0924. The van der Waals surface area contributed by atoms with Crippen LogP contribution in [0.5, 0.6) is 0 Å². The molecule has 6 nitrogen and oxygen atoms in total. The number of carbonyl (C=O) groups is 1. The minimum Gasteiger partial charge on any atom is -0.459 e. The SMILES string of the molecule is CCCCc1ccn(C2CCC(C)(COC(=O)c3ccccc3)O2)c(=O)n1. The van der Waals surface area contributed by atoms with Gasteiger partial charge in [0.1, 0.15) is 18.4 Å². The smallest absolute Gasteiger partial charge is 0.349 e. The van der Waals surface area contributed by atoms with Crippen LogP contribution in [0.15, 0.2) is 47.4 Å². The van der Waals surface area contributed by atoms with Crippen molar-refractivity contribution in [3.8, 4) is 0 Å². The predicted molar refractivity (Wildman–Crippen MR) is 102 cm³/mol. The molecule has 1 aliphatic heterocycles. The zero-order valence-corrected chi connectivity index (χ0v) is 15.9. The highest BCUT2D eigenvalue weighted by atomic mass is 16.6. The number of carbonyl (C=O) groups excluding carboxylic acids is 1. The van der Waals surface area contributed by atoms with E-state index in [1.165, 1.54) is 4.57 Å². The predicted octanol–water partition coefficient (Wildman–Crippen LogP) is 3.51. The van der Waals surface area contributed by atoms with Crippen molar-refractivity contribution in [1.29, 1.82) is 0 Å². The van der Waals surface area contributed by atoms with Gasteiger partial charge in [-0.2, -0.15) is 4.98 Å². The fraction of sp³-hybridized carbons (Fsp3) is 0.476. The largest absolute Gasteiger partial charge is 0.459 e. The molecule has 0 radical (unpaired) electrons. The Hall–Kier alpha value is -2.47. The van der Waals surface area contributed by atoms with Crippen LogP contribution in [-0.4, -0.2) is 27.7 Å². The van der Waals surface area contributed by atoms with Crippen LogP contribution in [0.25, 0.3) is 0 Å². The first-order chi connectivity index (χ1) is 13.0. The molecule has 1 aromatic heterocycles. The number of esters is 1. The van der Waals surface area contributed by atoms with Gasteiger partial charge in [-0.3, -0.25) is 4.57 Å². The first kappa shape index (κ1) is 19.3. The number of benzene rings is 1. The van der Waals surface area contributed by atoms with Gasteiger partial charge in [0.05, 0.1) is 5.56 Å². The van der Waals surface area contributed by atoms with E-state index in [-0.39, 0.29) is 24.5 Å². The Morgan fingerprint density at radius 2 is 2.11 bits per heavy atom. The maximum Gasteiger partial charge on any atom is 0.349 e. The van der Waals surface area contributed by atoms with Crippen molar-refractivity contribution in [3.05, 3.63) is 64.3 Å². The molecule has 27 heavy (non-hydrogen) atoms. The normalized spacial score (nSPS) is 21.9. The Bertz CT molecular complexity index is 834. The van der Waals surface area contributed by atoms with E-state index < -0.39 is 5.60 Å². The highest BCUT2D eigenvalue weighted by Crippen LogP contribution is 2.35. The van der Waals surface area contributed by atoms with E-state index in [0.29, 0.717) is 18.4 Å². The average Bonchev–Trinajstić information content (AvgIpc) is 3.07. The quantitative estimate of drug-likeness (QED) is 0.698. The summed E-state index contributed by atoms with van der Waals surface area (Å²) in [6, 6.07) is 10.8.